The van der Waals surface area contributed by atoms with Gasteiger partial charge in [-0.1, -0.05) is 13.0 Å². The first kappa shape index (κ1) is 18.7. The Labute approximate surface area is 162 Å². The van der Waals surface area contributed by atoms with E-state index in [9.17, 15) is 18.8 Å². The van der Waals surface area contributed by atoms with E-state index in [-0.39, 0.29) is 36.6 Å². The van der Waals surface area contributed by atoms with Gasteiger partial charge in [-0.3, -0.25) is 14.5 Å². The van der Waals surface area contributed by atoms with E-state index in [1.54, 1.807) is 12.1 Å². The minimum Gasteiger partial charge on any atom is -0.442 e. The van der Waals surface area contributed by atoms with Crippen molar-refractivity contribution in [2.45, 2.75) is 32.3 Å². The summed E-state index contributed by atoms with van der Waals surface area (Å²) >= 11 is 0. The number of hydrogen-bond donors (Lipinski definition) is 1. The van der Waals surface area contributed by atoms with Crippen LogP contribution in [0.2, 0.25) is 0 Å². The average molecular weight is 389 g/mol. The van der Waals surface area contributed by atoms with Gasteiger partial charge in [0.25, 0.3) is 0 Å². The molecule has 3 aliphatic rings. The van der Waals surface area contributed by atoms with Crippen LogP contribution < -0.4 is 10.2 Å². The number of carbonyl (C=O) groups is 3. The average Bonchev–Trinajstić information content (AvgIpc) is 3.00. The number of benzene rings is 1. The molecule has 2 saturated heterocycles. The molecule has 2 heterocycles. The van der Waals surface area contributed by atoms with Crippen LogP contribution >= 0.6 is 0 Å². The zero-order valence-electron chi connectivity index (χ0n) is 16.0. The van der Waals surface area contributed by atoms with Crippen molar-refractivity contribution in [1.29, 1.82) is 0 Å². The highest BCUT2D eigenvalue weighted by Gasteiger charge is 2.57. The molecule has 1 N–H and O–H groups in total. The first-order chi connectivity index (χ1) is 13.4. The Morgan fingerprint density at radius 2 is 1.96 bits per heavy atom. The smallest absolute Gasteiger partial charge is 0.414 e. The van der Waals surface area contributed by atoms with Crippen LogP contribution in [0.15, 0.2) is 18.2 Å². The van der Waals surface area contributed by atoms with E-state index >= 15 is 0 Å². The molecule has 1 aromatic carbocycles. The van der Waals surface area contributed by atoms with Gasteiger partial charge in [0.2, 0.25) is 11.8 Å². The predicted molar refractivity (Wildman–Crippen MR) is 99.3 cm³/mol. The summed E-state index contributed by atoms with van der Waals surface area (Å²) in [4.78, 5) is 38.2. The summed E-state index contributed by atoms with van der Waals surface area (Å²) in [7, 11) is 0. The van der Waals surface area contributed by atoms with Gasteiger partial charge < -0.3 is 15.0 Å². The maximum Gasteiger partial charge on any atom is 0.414 e. The predicted octanol–water partition coefficient (Wildman–Crippen LogP) is 1.87. The van der Waals surface area contributed by atoms with Crippen LogP contribution in [-0.2, 0) is 14.3 Å². The number of carbonyl (C=O) groups excluding carboxylic acids is 3. The van der Waals surface area contributed by atoms with Gasteiger partial charge >= 0.3 is 6.09 Å². The highest BCUT2D eigenvalue weighted by molar-refractivity contribution is 5.90. The number of cyclic esters (lactones) is 1. The molecule has 0 spiro atoms. The quantitative estimate of drug-likeness (QED) is 0.834. The molecule has 1 aromatic rings. The van der Waals surface area contributed by atoms with Crippen molar-refractivity contribution in [1.82, 2.24) is 10.2 Å². The molecule has 28 heavy (non-hydrogen) atoms. The lowest BCUT2D eigenvalue weighted by Gasteiger charge is -2.20. The molecule has 2 aliphatic heterocycles. The van der Waals surface area contributed by atoms with Gasteiger partial charge in [0, 0.05) is 26.4 Å². The van der Waals surface area contributed by atoms with Gasteiger partial charge in [0.15, 0.2) is 0 Å². The van der Waals surface area contributed by atoms with Crippen LogP contribution in [0.5, 0.6) is 0 Å². The summed E-state index contributed by atoms with van der Waals surface area (Å²) in [6, 6.07) is 4.86. The molecule has 1 aliphatic carbocycles. The normalized spacial score (nSPS) is 28.2. The Morgan fingerprint density at radius 1 is 1.25 bits per heavy atom. The largest absolute Gasteiger partial charge is 0.442 e. The van der Waals surface area contributed by atoms with E-state index in [0.717, 1.165) is 0 Å². The van der Waals surface area contributed by atoms with E-state index in [1.165, 1.54) is 17.9 Å². The number of amides is 3. The lowest BCUT2D eigenvalue weighted by Crippen LogP contribution is -2.33. The standard InChI is InChI=1S/C20H24FN3O4/c1-3-18(26)23-9-15-16(10-23)19(15)14-5-4-12(6-17(14)21)24-8-13(28-20(24)27)7-22-11(2)25/h4-6,13,15-16,19H,3,7-10H2,1-2H3,(H,22,25)/t13-,15-,16+,19?/m0/s1. The topological polar surface area (TPSA) is 79.0 Å². The zero-order valence-corrected chi connectivity index (χ0v) is 16.0. The fourth-order valence-electron chi connectivity index (χ4n) is 4.47. The number of nitrogens with zero attached hydrogens (tertiary/aromatic N) is 2. The summed E-state index contributed by atoms with van der Waals surface area (Å²) in [6.07, 6.45) is -0.495. The third-order valence-electron chi connectivity index (χ3n) is 5.96. The number of fused-ring (bicyclic) bond motifs is 1. The monoisotopic (exact) mass is 389 g/mol. The third-order valence-corrected chi connectivity index (χ3v) is 5.96. The van der Waals surface area contributed by atoms with Gasteiger partial charge in [0.05, 0.1) is 18.8 Å². The van der Waals surface area contributed by atoms with Crippen molar-refractivity contribution in [3.63, 3.8) is 0 Å². The van der Waals surface area contributed by atoms with Gasteiger partial charge in [-0.15, -0.1) is 0 Å². The van der Waals surface area contributed by atoms with Crippen LogP contribution in [0.3, 0.4) is 0 Å². The van der Waals surface area contributed by atoms with Crippen LogP contribution in [0.1, 0.15) is 31.7 Å². The van der Waals surface area contributed by atoms with Crippen LogP contribution in [0.25, 0.3) is 0 Å². The molecule has 0 bridgehead atoms. The second-order valence-electron chi connectivity index (χ2n) is 7.77. The Hall–Kier alpha value is -2.64. The summed E-state index contributed by atoms with van der Waals surface area (Å²) < 4.78 is 20.0. The molecular formula is C20H24FN3O4. The van der Waals surface area contributed by atoms with Crippen molar-refractivity contribution in [3.8, 4) is 0 Å². The lowest BCUT2D eigenvalue weighted by molar-refractivity contribution is -0.130. The molecule has 150 valence electrons. The van der Waals surface area contributed by atoms with Gasteiger partial charge in [-0.05, 0) is 35.4 Å². The lowest BCUT2D eigenvalue weighted by atomic mass is 10.0. The fourth-order valence-corrected chi connectivity index (χ4v) is 4.47. The minimum absolute atomic E-state index is 0.146. The minimum atomic E-state index is -0.542. The van der Waals surface area contributed by atoms with Crippen molar-refractivity contribution in [2.24, 2.45) is 11.8 Å². The van der Waals surface area contributed by atoms with E-state index in [4.69, 9.17) is 4.74 Å². The number of anilines is 1. The first-order valence-electron chi connectivity index (χ1n) is 9.68. The van der Waals surface area contributed by atoms with E-state index in [2.05, 4.69) is 5.32 Å². The molecule has 3 amide bonds. The molecule has 0 aromatic heterocycles. The van der Waals surface area contributed by atoms with Crippen LogP contribution in [0, 0.1) is 17.7 Å². The number of ether oxygens (including phenoxy) is 1. The van der Waals surface area contributed by atoms with Crippen molar-refractivity contribution in [2.75, 3.05) is 31.1 Å². The van der Waals surface area contributed by atoms with Gasteiger partial charge in [-0.2, -0.15) is 0 Å². The van der Waals surface area contributed by atoms with Crippen LogP contribution in [-0.4, -0.2) is 55.1 Å². The summed E-state index contributed by atoms with van der Waals surface area (Å²) in [5, 5.41) is 2.62. The van der Waals surface area contributed by atoms with Crippen LogP contribution in [0.4, 0.5) is 14.9 Å². The van der Waals surface area contributed by atoms with Gasteiger partial charge in [-0.25, -0.2) is 9.18 Å². The maximum absolute atomic E-state index is 14.8. The maximum atomic E-state index is 14.8. The summed E-state index contributed by atoms with van der Waals surface area (Å²) in [5.74, 6) is 0.433. The second kappa shape index (κ2) is 7.07. The third kappa shape index (κ3) is 3.31. The Balaban J connectivity index is 1.40. The molecular weight excluding hydrogens is 365 g/mol. The SMILES string of the molecule is CCC(=O)N1C[C@@H]2C(c3ccc(N4C[C@H](CNC(C)=O)OC4=O)cc3F)[C@@H]2C1. The highest BCUT2D eigenvalue weighted by Crippen LogP contribution is 2.58. The first-order valence-corrected chi connectivity index (χ1v) is 9.68. The fraction of sp³-hybridized carbons (Fsp3) is 0.550. The summed E-state index contributed by atoms with van der Waals surface area (Å²) in [5.41, 5.74) is 1.11. The molecule has 3 fully saturated rings. The molecule has 0 radical (unpaired) electrons. The Morgan fingerprint density at radius 3 is 2.57 bits per heavy atom. The van der Waals surface area contributed by atoms with Gasteiger partial charge in [0.1, 0.15) is 11.9 Å². The number of halogens is 1. The molecule has 4 atom stereocenters. The van der Waals surface area contributed by atoms with Crippen molar-refractivity contribution < 1.29 is 23.5 Å². The number of nitrogens with one attached hydrogen (secondary N) is 1. The number of likely N-dealkylation sites (tertiary alicyclic amines) is 1. The number of hydrogen-bond acceptors (Lipinski definition) is 4. The molecule has 4 rings (SSSR count). The number of piperidine rings is 1. The zero-order chi connectivity index (χ0) is 20.0. The highest BCUT2D eigenvalue weighted by atomic mass is 19.1. The van der Waals surface area contributed by atoms with Crippen molar-refractivity contribution in [3.05, 3.63) is 29.6 Å². The molecule has 8 heteroatoms. The number of rotatable bonds is 5. The van der Waals surface area contributed by atoms with E-state index in [0.29, 0.717) is 42.6 Å². The summed E-state index contributed by atoms with van der Waals surface area (Å²) in [6.45, 7) is 5.15. The van der Waals surface area contributed by atoms with E-state index in [1.807, 2.05) is 11.8 Å². The molecule has 1 unspecified atom stereocenters. The van der Waals surface area contributed by atoms with Crippen molar-refractivity contribution >= 4 is 23.6 Å². The second-order valence-corrected chi connectivity index (χ2v) is 7.77. The van der Waals surface area contributed by atoms with E-state index < -0.39 is 12.2 Å². The molecule has 7 nitrogen and oxygen atoms in total. The molecule has 1 saturated carbocycles. The Bertz CT molecular complexity index is 818. The Kier molecular flexibility index (Phi) is 4.72.